The molecular formula is C8H18BrFOSi. The van der Waals surface area contributed by atoms with Crippen LogP contribution in [0.5, 0.6) is 0 Å². The first kappa shape index (κ1) is 12.6. The Bertz CT molecular complexity index is 122. The minimum atomic E-state index is -2.05. The van der Waals surface area contributed by atoms with Gasteiger partial charge in [0.15, 0.2) is 0 Å². The molecule has 74 valence electrons. The average molecular weight is 257 g/mol. The molecule has 0 fully saturated rings. The molecule has 0 bridgehead atoms. The summed E-state index contributed by atoms with van der Waals surface area (Å²) >= 11 is 3.26. The molecule has 0 amide bonds. The van der Waals surface area contributed by atoms with Crippen molar-refractivity contribution in [2.45, 2.75) is 38.7 Å². The van der Waals surface area contributed by atoms with Crippen molar-refractivity contribution < 1.29 is 8.82 Å². The van der Waals surface area contributed by atoms with Crippen molar-refractivity contribution >= 4 is 24.2 Å². The van der Waals surface area contributed by atoms with E-state index >= 15 is 0 Å². The molecule has 4 heteroatoms. The predicted octanol–water partition coefficient (Wildman–Crippen LogP) is 3.28. The van der Waals surface area contributed by atoms with Gasteiger partial charge in [-0.2, -0.15) is 0 Å². The molecule has 0 radical (unpaired) electrons. The lowest BCUT2D eigenvalue weighted by Gasteiger charge is -2.25. The first-order chi connectivity index (χ1) is 5.54. The van der Waals surface area contributed by atoms with E-state index in [1.165, 1.54) is 0 Å². The fourth-order valence-corrected chi connectivity index (χ4v) is 3.25. The Morgan fingerprint density at radius 3 is 2.50 bits per heavy atom. The summed E-state index contributed by atoms with van der Waals surface area (Å²) in [6.07, 6.45) is 1.54. The second-order valence-corrected chi connectivity index (χ2v) is 8.31. The van der Waals surface area contributed by atoms with E-state index in [9.17, 15) is 4.39 Å². The molecule has 12 heavy (non-hydrogen) atoms. The Morgan fingerprint density at radius 2 is 2.08 bits per heavy atom. The van der Waals surface area contributed by atoms with Crippen LogP contribution < -0.4 is 0 Å². The smallest absolute Gasteiger partial charge is 0.221 e. The predicted molar refractivity (Wildman–Crippen MR) is 57.0 cm³/mol. The van der Waals surface area contributed by atoms with Gasteiger partial charge in [0.2, 0.25) is 8.32 Å². The third-order valence-electron chi connectivity index (χ3n) is 1.85. The van der Waals surface area contributed by atoms with Crippen LogP contribution in [0.15, 0.2) is 0 Å². The van der Waals surface area contributed by atoms with Gasteiger partial charge in [0.05, 0.1) is 0 Å². The average Bonchev–Trinajstić information content (AvgIpc) is 2.01. The van der Waals surface area contributed by atoms with Gasteiger partial charge in [-0.1, -0.05) is 29.3 Å². The van der Waals surface area contributed by atoms with Gasteiger partial charge in [-0.15, -0.1) is 0 Å². The maximum Gasteiger partial charge on any atom is 0.221 e. The molecule has 0 saturated carbocycles. The van der Waals surface area contributed by atoms with Crippen LogP contribution in [0.4, 0.5) is 4.39 Å². The zero-order valence-corrected chi connectivity index (χ0v) is 10.7. The highest BCUT2D eigenvalue weighted by Gasteiger charge is 2.32. The maximum absolute atomic E-state index is 13.4. The third-order valence-corrected chi connectivity index (χ3v) is 4.92. The first-order valence-electron chi connectivity index (χ1n) is 4.38. The van der Waals surface area contributed by atoms with Crippen molar-refractivity contribution in [3.05, 3.63) is 0 Å². The summed E-state index contributed by atoms with van der Waals surface area (Å²) in [5, 5.41) is 0.794. The van der Waals surface area contributed by atoms with Gasteiger partial charge in [-0.05, 0) is 19.5 Å². The lowest BCUT2D eigenvalue weighted by atomic mass is 10.4. The van der Waals surface area contributed by atoms with Gasteiger partial charge in [-0.3, -0.25) is 0 Å². The Labute approximate surface area is 83.9 Å². The fourth-order valence-electron chi connectivity index (χ4n) is 0.993. The highest BCUT2D eigenvalue weighted by atomic mass is 79.9. The number of rotatable bonds is 6. The van der Waals surface area contributed by atoms with Crippen molar-refractivity contribution in [3.8, 4) is 0 Å². The molecule has 0 aliphatic heterocycles. The number of halogens is 2. The van der Waals surface area contributed by atoms with Crippen molar-refractivity contribution in [1.82, 2.24) is 0 Å². The van der Waals surface area contributed by atoms with Crippen LogP contribution >= 0.6 is 15.9 Å². The van der Waals surface area contributed by atoms with E-state index < -0.39 is 14.1 Å². The second-order valence-electron chi connectivity index (χ2n) is 3.40. The zero-order valence-electron chi connectivity index (χ0n) is 8.07. The summed E-state index contributed by atoms with van der Waals surface area (Å²) in [5.41, 5.74) is 0. The molecule has 1 atom stereocenters. The van der Waals surface area contributed by atoms with Crippen LogP contribution in [-0.2, 0) is 4.43 Å². The van der Waals surface area contributed by atoms with E-state index in [0.29, 0.717) is 13.0 Å². The summed E-state index contributed by atoms with van der Waals surface area (Å²) in [6, 6.07) is 0. The second kappa shape index (κ2) is 6.10. The fraction of sp³-hybridized carbons (Fsp3) is 1.00. The molecule has 0 aromatic rings. The standard InChI is InChI=1S/C8H18BrFOSi/c1-4-5-8(10)12(2,3)11-7-6-9/h8H,4-7H2,1-3H3. The van der Waals surface area contributed by atoms with E-state index in [-0.39, 0.29) is 0 Å². The van der Waals surface area contributed by atoms with Crippen LogP contribution in [0, 0.1) is 0 Å². The summed E-state index contributed by atoms with van der Waals surface area (Å²) < 4.78 is 18.9. The number of alkyl halides is 2. The van der Waals surface area contributed by atoms with Gasteiger partial charge in [0.1, 0.15) is 5.79 Å². The molecule has 1 unspecified atom stereocenters. The van der Waals surface area contributed by atoms with Crippen molar-refractivity contribution in [1.29, 1.82) is 0 Å². The largest absolute Gasteiger partial charge is 0.414 e. The molecule has 0 aromatic carbocycles. The molecule has 1 nitrogen and oxygen atoms in total. The molecule has 0 aliphatic carbocycles. The summed E-state index contributed by atoms with van der Waals surface area (Å²) in [4.78, 5) is 0. The summed E-state index contributed by atoms with van der Waals surface area (Å²) in [5.74, 6) is -0.721. The lowest BCUT2D eigenvalue weighted by Crippen LogP contribution is -2.42. The number of hydrogen-bond donors (Lipinski definition) is 0. The van der Waals surface area contributed by atoms with Crippen LogP contribution in [0.25, 0.3) is 0 Å². The topological polar surface area (TPSA) is 9.23 Å². The van der Waals surface area contributed by atoms with Gasteiger partial charge < -0.3 is 4.43 Å². The van der Waals surface area contributed by atoms with Gasteiger partial charge in [0.25, 0.3) is 0 Å². The zero-order chi connectivity index (χ0) is 9.61. The van der Waals surface area contributed by atoms with Crippen LogP contribution in [0.2, 0.25) is 13.1 Å². The molecule has 0 aromatic heterocycles. The summed E-state index contributed by atoms with van der Waals surface area (Å²) in [7, 11) is -2.05. The Morgan fingerprint density at radius 1 is 1.50 bits per heavy atom. The minimum Gasteiger partial charge on any atom is -0.414 e. The lowest BCUT2D eigenvalue weighted by molar-refractivity contribution is 0.277. The van der Waals surface area contributed by atoms with E-state index in [2.05, 4.69) is 15.9 Å². The molecule has 0 aliphatic rings. The summed E-state index contributed by atoms with van der Waals surface area (Å²) in [6.45, 7) is 6.51. The van der Waals surface area contributed by atoms with Gasteiger partial charge >= 0.3 is 0 Å². The Kier molecular flexibility index (Phi) is 6.40. The van der Waals surface area contributed by atoms with Crippen molar-refractivity contribution in [3.63, 3.8) is 0 Å². The van der Waals surface area contributed by atoms with E-state index in [1.54, 1.807) is 0 Å². The van der Waals surface area contributed by atoms with Crippen LogP contribution in [0.1, 0.15) is 19.8 Å². The van der Waals surface area contributed by atoms with Crippen molar-refractivity contribution in [2.75, 3.05) is 11.9 Å². The Balaban J connectivity index is 3.81. The highest BCUT2D eigenvalue weighted by molar-refractivity contribution is 9.09. The van der Waals surface area contributed by atoms with Gasteiger partial charge in [-0.25, -0.2) is 4.39 Å². The van der Waals surface area contributed by atoms with Crippen LogP contribution in [0.3, 0.4) is 0 Å². The molecule has 0 saturated heterocycles. The van der Waals surface area contributed by atoms with Crippen molar-refractivity contribution in [2.24, 2.45) is 0 Å². The van der Waals surface area contributed by atoms with E-state index in [0.717, 1.165) is 11.8 Å². The highest BCUT2D eigenvalue weighted by Crippen LogP contribution is 2.18. The third kappa shape index (κ3) is 4.57. The molecule has 0 spiro atoms. The minimum absolute atomic E-state index is 0.628. The number of hydrogen-bond acceptors (Lipinski definition) is 1. The van der Waals surface area contributed by atoms with Crippen LogP contribution in [-0.4, -0.2) is 26.0 Å². The van der Waals surface area contributed by atoms with E-state index in [4.69, 9.17) is 4.43 Å². The quantitative estimate of drug-likeness (QED) is 0.524. The molecular weight excluding hydrogens is 239 g/mol. The van der Waals surface area contributed by atoms with Gasteiger partial charge in [0, 0.05) is 11.9 Å². The van der Waals surface area contributed by atoms with E-state index in [1.807, 2.05) is 20.0 Å². The molecule has 0 heterocycles. The normalized spacial score (nSPS) is 14.8. The monoisotopic (exact) mass is 256 g/mol. The molecule has 0 N–H and O–H groups in total. The molecule has 0 rings (SSSR count). The maximum atomic E-state index is 13.4. The Hall–Kier alpha value is 0.587. The SMILES string of the molecule is CCCC(F)[Si](C)(C)OCCBr. The first-order valence-corrected chi connectivity index (χ1v) is 8.49.